The number of carbonyl (C=O) groups excluding carboxylic acids is 2. The molecule has 0 bridgehead atoms. The van der Waals surface area contributed by atoms with E-state index in [0.29, 0.717) is 18.4 Å². The number of allylic oxidation sites excluding steroid dienone is 1. The topological polar surface area (TPSA) is 112 Å². The van der Waals surface area contributed by atoms with Crippen molar-refractivity contribution < 1.29 is 47.5 Å². The summed E-state index contributed by atoms with van der Waals surface area (Å²) in [4.78, 5) is 23.7. The van der Waals surface area contributed by atoms with Crippen molar-refractivity contribution >= 4 is 11.9 Å². The summed E-state index contributed by atoms with van der Waals surface area (Å²) in [7, 11) is 0. The normalized spacial score (nSPS) is 10.2. The van der Waals surface area contributed by atoms with Crippen molar-refractivity contribution in [3.05, 3.63) is 119 Å². The van der Waals surface area contributed by atoms with Gasteiger partial charge in [-0.2, -0.15) is 8.78 Å². The standard InChI is InChI=1S/C36H34F2O8/c1-4-29-16-28(13-12-27-10-8-26(9-11-27)6-5-7-34(37)38)14-15-33(29)30-17-31(43-22-45-35(41)24(2)20-39)19-32(18-30)44-23-46-36(42)25(3)21-40/h7-11,14-19,39-40H,2-6,20-23H2,1H3. The number of esters is 2. The van der Waals surface area contributed by atoms with Crippen LogP contribution in [0.4, 0.5) is 8.78 Å². The molecule has 0 fully saturated rings. The fourth-order valence-corrected chi connectivity index (χ4v) is 4.02. The molecule has 2 N–H and O–H groups in total. The number of benzene rings is 3. The van der Waals surface area contributed by atoms with E-state index >= 15 is 0 Å². The monoisotopic (exact) mass is 632 g/mol. The molecular formula is C36H34F2O8. The Labute approximate surface area is 266 Å². The number of hydrogen-bond donors (Lipinski definition) is 2. The van der Waals surface area contributed by atoms with Gasteiger partial charge in [-0.1, -0.05) is 50.1 Å². The number of rotatable bonds is 15. The summed E-state index contributed by atoms with van der Waals surface area (Å²) in [6, 6.07) is 18.2. The summed E-state index contributed by atoms with van der Waals surface area (Å²) in [5.41, 5.74) is 4.78. The summed E-state index contributed by atoms with van der Waals surface area (Å²) in [5, 5.41) is 18.1. The van der Waals surface area contributed by atoms with Crippen LogP contribution in [0, 0.1) is 11.8 Å². The Balaban J connectivity index is 1.83. The Morgan fingerprint density at radius 3 is 1.87 bits per heavy atom. The molecule has 8 nitrogen and oxygen atoms in total. The van der Waals surface area contributed by atoms with Crippen LogP contribution in [-0.2, 0) is 31.9 Å². The van der Waals surface area contributed by atoms with Crippen molar-refractivity contribution in [3.8, 4) is 34.5 Å². The van der Waals surface area contributed by atoms with Gasteiger partial charge >= 0.3 is 11.9 Å². The molecule has 0 saturated carbocycles. The van der Waals surface area contributed by atoms with Gasteiger partial charge in [-0.25, -0.2) is 9.59 Å². The average Bonchev–Trinajstić information content (AvgIpc) is 3.06. The summed E-state index contributed by atoms with van der Waals surface area (Å²) in [6.07, 6.45) is 0.676. The van der Waals surface area contributed by atoms with Crippen LogP contribution in [0.1, 0.15) is 35.6 Å². The smallest absolute Gasteiger partial charge is 0.338 e. The van der Waals surface area contributed by atoms with Gasteiger partial charge in [0.1, 0.15) is 11.5 Å². The van der Waals surface area contributed by atoms with E-state index in [1.807, 2.05) is 49.4 Å². The molecule has 0 aliphatic rings. The SMILES string of the molecule is C=C(CO)C(=O)OCOc1cc(OCOC(=O)C(=C)CO)cc(-c2ccc(C#Cc3ccc(CCC=C(F)F)cc3)cc2CC)c1. The van der Waals surface area contributed by atoms with Gasteiger partial charge in [0.05, 0.1) is 24.4 Å². The maximum Gasteiger partial charge on any atom is 0.338 e. The molecule has 0 saturated heterocycles. The molecular weight excluding hydrogens is 598 g/mol. The third-order valence-electron chi connectivity index (χ3n) is 6.50. The minimum absolute atomic E-state index is 0.124. The van der Waals surface area contributed by atoms with E-state index in [2.05, 4.69) is 25.0 Å². The van der Waals surface area contributed by atoms with Gasteiger partial charge < -0.3 is 29.2 Å². The number of aryl methyl sites for hydroxylation is 2. The Morgan fingerprint density at radius 2 is 1.35 bits per heavy atom. The van der Waals surface area contributed by atoms with E-state index in [0.717, 1.165) is 33.9 Å². The summed E-state index contributed by atoms with van der Waals surface area (Å²) >= 11 is 0. The molecule has 3 rings (SSSR count). The van der Waals surface area contributed by atoms with Crippen molar-refractivity contribution in [1.82, 2.24) is 0 Å². The molecule has 0 amide bonds. The van der Waals surface area contributed by atoms with Gasteiger partial charge in [0, 0.05) is 17.2 Å². The first-order chi connectivity index (χ1) is 22.1. The zero-order chi connectivity index (χ0) is 33.5. The van der Waals surface area contributed by atoms with Crippen molar-refractivity contribution in [2.75, 3.05) is 26.8 Å². The Morgan fingerprint density at radius 1 is 0.804 bits per heavy atom. The number of carbonyl (C=O) groups is 2. The molecule has 0 aliphatic heterocycles. The van der Waals surface area contributed by atoms with Crippen LogP contribution in [0.3, 0.4) is 0 Å². The minimum atomic E-state index is -1.68. The van der Waals surface area contributed by atoms with Gasteiger partial charge in [0.2, 0.25) is 13.6 Å². The van der Waals surface area contributed by atoms with Crippen LogP contribution in [0.15, 0.2) is 97.1 Å². The molecule has 240 valence electrons. The first-order valence-corrected chi connectivity index (χ1v) is 14.2. The van der Waals surface area contributed by atoms with Crippen LogP contribution in [0.2, 0.25) is 0 Å². The number of ether oxygens (including phenoxy) is 4. The van der Waals surface area contributed by atoms with Crippen molar-refractivity contribution in [1.29, 1.82) is 0 Å². The van der Waals surface area contributed by atoms with Crippen LogP contribution in [-0.4, -0.2) is 49.0 Å². The highest BCUT2D eigenvalue weighted by Gasteiger charge is 2.13. The third-order valence-corrected chi connectivity index (χ3v) is 6.50. The van der Waals surface area contributed by atoms with Crippen molar-refractivity contribution in [3.63, 3.8) is 0 Å². The zero-order valence-electron chi connectivity index (χ0n) is 25.3. The second-order valence-electron chi connectivity index (χ2n) is 9.81. The lowest BCUT2D eigenvalue weighted by molar-refractivity contribution is -0.146. The number of hydrogen-bond acceptors (Lipinski definition) is 8. The lowest BCUT2D eigenvalue weighted by atomic mass is 9.95. The Hall–Kier alpha value is -5.24. The Bertz CT molecular complexity index is 1590. The lowest BCUT2D eigenvalue weighted by Crippen LogP contribution is -2.14. The molecule has 0 aromatic heterocycles. The van der Waals surface area contributed by atoms with Crippen LogP contribution >= 0.6 is 0 Å². The highest BCUT2D eigenvalue weighted by atomic mass is 19.3. The predicted octanol–water partition coefficient (Wildman–Crippen LogP) is 5.88. The highest BCUT2D eigenvalue weighted by molar-refractivity contribution is 5.88. The average molecular weight is 633 g/mol. The predicted molar refractivity (Wildman–Crippen MR) is 168 cm³/mol. The van der Waals surface area contributed by atoms with Gasteiger partial charge in [0.25, 0.3) is 6.08 Å². The molecule has 0 heterocycles. The van der Waals surface area contributed by atoms with E-state index in [-0.39, 0.29) is 29.1 Å². The molecule has 3 aromatic rings. The van der Waals surface area contributed by atoms with Crippen LogP contribution in [0.5, 0.6) is 11.5 Å². The molecule has 46 heavy (non-hydrogen) atoms. The van der Waals surface area contributed by atoms with E-state index in [1.54, 1.807) is 12.1 Å². The molecule has 0 spiro atoms. The molecule has 0 atom stereocenters. The Kier molecular flexibility index (Phi) is 13.7. The lowest BCUT2D eigenvalue weighted by Gasteiger charge is -2.15. The summed E-state index contributed by atoms with van der Waals surface area (Å²) in [6.45, 7) is 6.79. The van der Waals surface area contributed by atoms with Gasteiger partial charge in [-0.3, -0.25) is 0 Å². The van der Waals surface area contributed by atoms with Gasteiger partial charge in [-0.05, 0) is 84.0 Å². The second-order valence-corrected chi connectivity index (χ2v) is 9.81. The maximum absolute atomic E-state index is 12.3. The van der Waals surface area contributed by atoms with Gasteiger partial charge in [-0.15, -0.1) is 0 Å². The number of aliphatic hydroxyl groups excluding tert-OH is 2. The largest absolute Gasteiger partial charge is 0.457 e. The van der Waals surface area contributed by atoms with E-state index in [4.69, 9.17) is 29.2 Å². The van der Waals surface area contributed by atoms with E-state index in [1.165, 1.54) is 6.07 Å². The minimum Gasteiger partial charge on any atom is -0.457 e. The zero-order valence-corrected chi connectivity index (χ0v) is 25.3. The van der Waals surface area contributed by atoms with E-state index < -0.39 is 44.8 Å². The molecule has 0 radical (unpaired) electrons. The quantitative estimate of drug-likeness (QED) is 0.0925. The first-order valence-electron chi connectivity index (χ1n) is 14.2. The molecule has 0 unspecified atom stereocenters. The molecule has 10 heteroatoms. The van der Waals surface area contributed by atoms with Crippen LogP contribution in [0.25, 0.3) is 11.1 Å². The first kappa shape index (κ1) is 35.2. The van der Waals surface area contributed by atoms with E-state index in [9.17, 15) is 18.4 Å². The second kappa shape index (κ2) is 17.9. The number of halogens is 2. The third kappa shape index (κ3) is 11.0. The number of aliphatic hydroxyl groups is 2. The van der Waals surface area contributed by atoms with Gasteiger partial charge in [0.15, 0.2) is 0 Å². The van der Waals surface area contributed by atoms with Crippen molar-refractivity contribution in [2.24, 2.45) is 0 Å². The fraction of sp³-hybridized carbons (Fsp3) is 0.222. The molecule has 3 aromatic carbocycles. The van der Waals surface area contributed by atoms with Crippen LogP contribution < -0.4 is 9.47 Å². The summed E-state index contributed by atoms with van der Waals surface area (Å²) in [5.74, 6) is 5.23. The highest BCUT2D eigenvalue weighted by Crippen LogP contribution is 2.33. The maximum atomic E-state index is 12.3. The van der Waals surface area contributed by atoms with Crippen molar-refractivity contribution in [2.45, 2.75) is 26.2 Å². The summed E-state index contributed by atoms with van der Waals surface area (Å²) < 4.78 is 45.7. The fourth-order valence-electron chi connectivity index (χ4n) is 4.02. The molecule has 0 aliphatic carbocycles.